The summed E-state index contributed by atoms with van der Waals surface area (Å²) >= 11 is 5.79. The number of hydrogen-bond donors (Lipinski definition) is 2. The minimum absolute atomic E-state index is 0.0533. The van der Waals surface area contributed by atoms with Crippen molar-refractivity contribution in [2.45, 2.75) is 26.3 Å². The minimum atomic E-state index is -0.363. The van der Waals surface area contributed by atoms with Crippen molar-refractivity contribution in [1.82, 2.24) is 10.6 Å². The lowest BCUT2D eigenvalue weighted by Gasteiger charge is -2.20. The highest BCUT2D eigenvalue weighted by Crippen LogP contribution is 2.10. The second-order valence-electron chi connectivity index (χ2n) is 4.99. The summed E-state index contributed by atoms with van der Waals surface area (Å²) < 4.78 is 0. The summed E-state index contributed by atoms with van der Waals surface area (Å²) in [5.74, 6) is -0.179. The predicted octanol–water partition coefficient (Wildman–Crippen LogP) is 2.62. The first-order valence-electron chi connectivity index (χ1n) is 5.63. The van der Waals surface area contributed by atoms with Gasteiger partial charge in [0.25, 0.3) is 0 Å². The van der Waals surface area contributed by atoms with E-state index in [0.29, 0.717) is 10.6 Å². The van der Waals surface area contributed by atoms with Crippen LogP contribution in [0.3, 0.4) is 0 Å². The summed E-state index contributed by atoms with van der Waals surface area (Å²) in [7, 11) is 0. The van der Waals surface area contributed by atoms with Crippen LogP contribution in [0.2, 0.25) is 5.02 Å². The maximum atomic E-state index is 11.8. The highest BCUT2D eigenvalue weighted by Gasteiger charge is 2.14. The van der Waals surface area contributed by atoms with Crippen LogP contribution in [-0.4, -0.2) is 23.9 Å². The number of carbonyl (C=O) groups excluding carboxylic acids is 2. The fraction of sp³-hybridized carbons (Fsp3) is 0.385. The largest absolute Gasteiger partial charge is 0.334 e. The topological polar surface area (TPSA) is 58.2 Å². The first kappa shape index (κ1) is 14.5. The SMILES string of the molecule is CC(C)(C)NC(=O)NCC(=O)c1cccc(Cl)c1. The molecule has 0 aromatic heterocycles. The van der Waals surface area contributed by atoms with E-state index < -0.39 is 0 Å². The van der Waals surface area contributed by atoms with Gasteiger partial charge < -0.3 is 10.6 Å². The number of halogens is 1. The molecule has 2 amide bonds. The maximum absolute atomic E-state index is 11.8. The van der Waals surface area contributed by atoms with Crippen LogP contribution in [0.25, 0.3) is 0 Å². The van der Waals surface area contributed by atoms with Gasteiger partial charge in [-0.15, -0.1) is 0 Å². The van der Waals surface area contributed by atoms with Crippen LogP contribution in [0.5, 0.6) is 0 Å². The number of hydrogen-bond acceptors (Lipinski definition) is 2. The Hall–Kier alpha value is -1.55. The van der Waals surface area contributed by atoms with Crippen LogP contribution >= 0.6 is 11.6 Å². The summed E-state index contributed by atoms with van der Waals surface area (Å²) in [6, 6.07) is 6.27. The Labute approximate surface area is 112 Å². The maximum Gasteiger partial charge on any atom is 0.315 e. The molecule has 1 aromatic rings. The van der Waals surface area contributed by atoms with Gasteiger partial charge in [0, 0.05) is 16.1 Å². The van der Waals surface area contributed by atoms with E-state index in [9.17, 15) is 9.59 Å². The Morgan fingerprint density at radius 2 is 1.94 bits per heavy atom. The third-order valence-corrected chi connectivity index (χ3v) is 2.28. The molecule has 0 saturated heterocycles. The van der Waals surface area contributed by atoms with Gasteiger partial charge in [-0.05, 0) is 32.9 Å². The van der Waals surface area contributed by atoms with E-state index in [1.807, 2.05) is 20.8 Å². The second kappa shape index (κ2) is 5.87. The molecule has 0 heterocycles. The third-order valence-electron chi connectivity index (χ3n) is 2.04. The number of urea groups is 1. The molecule has 2 N–H and O–H groups in total. The Kier molecular flexibility index (Phi) is 4.73. The Morgan fingerprint density at radius 3 is 2.50 bits per heavy atom. The lowest BCUT2D eigenvalue weighted by Crippen LogP contribution is -2.47. The Morgan fingerprint density at radius 1 is 1.28 bits per heavy atom. The molecule has 1 rings (SSSR count). The van der Waals surface area contributed by atoms with E-state index in [4.69, 9.17) is 11.6 Å². The van der Waals surface area contributed by atoms with Gasteiger partial charge in [-0.2, -0.15) is 0 Å². The molecule has 1 aromatic carbocycles. The van der Waals surface area contributed by atoms with Crippen LogP contribution in [-0.2, 0) is 0 Å². The number of ketones is 1. The second-order valence-corrected chi connectivity index (χ2v) is 5.43. The normalized spacial score (nSPS) is 10.9. The predicted molar refractivity (Wildman–Crippen MR) is 72.1 cm³/mol. The molecule has 0 aliphatic carbocycles. The van der Waals surface area contributed by atoms with Crippen LogP contribution in [0.1, 0.15) is 31.1 Å². The fourth-order valence-electron chi connectivity index (χ4n) is 1.31. The minimum Gasteiger partial charge on any atom is -0.334 e. The quantitative estimate of drug-likeness (QED) is 0.828. The molecule has 0 unspecified atom stereocenters. The van der Waals surface area contributed by atoms with Crippen LogP contribution in [0.15, 0.2) is 24.3 Å². The Bertz CT molecular complexity index is 453. The molecule has 5 heteroatoms. The van der Waals surface area contributed by atoms with Crippen LogP contribution < -0.4 is 10.6 Å². The van der Waals surface area contributed by atoms with Gasteiger partial charge in [-0.25, -0.2) is 4.79 Å². The Balaban J connectivity index is 2.49. The molecular weight excluding hydrogens is 252 g/mol. The highest BCUT2D eigenvalue weighted by atomic mass is 35.5. The van der Waals surface area contributed by atoms with E-state index in [2.05, 4.69) is 10.6 Å². The van der Waals surface area contributed by atoms with E-state index in [1.165, 1.54) is 0 Å². The smallest absolute Gasteiger partial charge is 0.315 e. The zero-order valence-corrected chi connectivity index (χ0v) is 11.5. The van der Waals surface area contributed by atoms with Crippen molar-refractivity contribution in [3.8, 4) is 0 Å². The lowest BCUT2D eigenvalue weighted by atomic mass is 10.1. The van der Waals surface area contributed by atoms with E-state index in [-0.39, 0.29) is 23.9 Å². The molecular formula is C13H17ClN2O2. The number of amides is 2. The van der Waals surface area contributed by atoms with E-state index >= 15 is 0 Å². The first-order chi connectivity index (χ1) is 8.28. The lowest BCUT2D eigenvalue weighted by molar-refractivity contribution is 0.0991. The molecule has 98 valence electrons. The molecule has 0 atom stereocenters. The van der Waals surface area contributed by atoms with Crippen LogP contribution in [0, 0.1) is 0 Å². The molecule has 18 heavy (non-hydrogen) atoms. The number of nitrogens with one attached hydrogen (secondary N) is 2. The molecule has 0 bridgehead atoms. The summed E-state index contributed by atoms with van der Waals surface area (Å²) in [4.78, 5) is 23.2. The summed E-state index contributed by atoms with van der Waals surface area (Å²) in [6.07, 6.45) is 0. The average molecular weight is 269 g/mol. The molecule has 0 fully saturated rings. The van der Waals surface area contributed by atoms with Crippen molar-refractivity contribution in [2.24, 2.45) is 0 Å². The van der Waals surface area contributed by atoms with Crippen molar-refractivity contribution in [3.05, 3.63) is 34.9 Å². The average Bonchev–Trinajstić information content (AvgIpc) is 2.23. The van der Waals surface area contributed by atoms with Crippen molar-refractivity contribution in [2.75, 3.05) is 6.54 Å². The van der Waals surface area contributed by atoms with Crippen molar-refractivity contribution in [1.29, 1.82) is 0 Å². The molecule has 0 saturated carbocycles. The van der Waals surface area contributed by atoms with Gasteiger partial charge in [-0.3, -0.25) is 4.79 Å². The van der Waals surface area contributed by atoms with Gasteiger partial charge in [-0.1, -0.05) is 23.7 Å². The van der Waals surface area contributed by atoms with Crippen molar-refractivity contribution < 1.29 is 9.59 Å². The number of benzene rings is 1. The fourth-order valence-corrected chi connectivity index (χ4v) is 1.50. The molecule has 0 aliphatic rings. The summed E-state index contributed by atoms with van der Waals surface area (Å²) in [5.41, 5.74) is 0.155. The van der Waals surface area contributed by atoms with Gasteiger partial charge in [0.1, 0.15) is 0 Å². The van der Waals surface area contributed by atoms with Crippen molar-refractivity contribution >= 4 is 23.4 Å². The third kappa shape index (κ3) is 5.19. The van der Waals surface area contributed by atoms with Gasteiger partial charge >= 0.3 is 6.03 Å². The summed E-state index contributed by atoms with van der Waals surface area (Å²) in [6.45, 7) is 5.55. The van der Waals surface area contributed by atoms with Crippen molar-refractivity contribution in [3.63, 3.8) is 0 Å². The zero-order valence-electron chi connectivity index (χ0n) is 10.7. The molecule has 4 nitrogen and oxygen atoms in total. The molecule has 0 aliphatic heterocycles. The monoisotopic (exact) mass is 268 g/mol. The number of carbonyl (C=O) groups is 2. The van der Waals surface area contributed by atoms with Gasteiger partial charge in [0.2, 0.25) is 0 Å². The first-order valence-corrected chi connectivity index (χ1v) is 6.00. The highest BCUT2D eigenvalue weighted by molar-refractivity contribution is 6.31. The zero-order chi connectivity index (χ0) is 13.8. The summed E-state index contributed by atoms with van der Waals surface area (Å²) in [5, 5.41) is 5.72. The van der Waals surface area contributed by atoms with Crippen LogP contribution in [0.4, 0.5) is 4.79 Å². The number of Topliss-reactive ketones (excluding diaryl/α,β-unsaturated/α-hetero) is 1. The number of rotatable bonds is 3. The molecule has 0 spiro atoms. The molecule has 0 radical (unpaired) electrons. The van der Waals surface area contributed by atoms with E-state index in [1.54, 1.807) is 24.3 Å². The van der Waals surface area contributed by atoms with Gasteiger partial charge in [0.15, 0.2) is 5.78 Å². The standard InChI is InChI=1S/C13H17ClN2O2/c1-13(2,3)16-12(18)15-8-11(17)9-5-4-6-10(14)7-9/h4-7H,8H2,1-3H3,(H2,15,16,18). The van der Waals surface area contributed by atoms with Gasteiger partial charge in [0.05, 0.1) is 6.54 Å². The van der Waals surface area contributed by atoms with E-state index in [0.717, 1.165) is 0 Å².